The van der Waals surface area contributed by atoms with Gasteiger partial charge in [-0.3, -0.25) is 0 Å². The zero-order valence-electron chi connectivity index (χ0n) is 19.4. The molecule has 11 heteroatoms. The average Bonchev–Trinajstić information content (AvgIpc) is 3.55. The van der Waals surface area contributed by atoms with Gasteiger partial charge in [-0.15, -0.1) is 12.4 Å². The molecule has 6 rings (SSSR count). The molecule has 3 N–H and O–H groups in total. The summed E-state index contributed by atoms with van der Waals surface area (Å²) >= 11 is 0. The van der Waals surface area contributed by atoms with E-state index >= 15 is 0 Å². The second-order valence-electron chi connectivity index (χ2n) is 9.47. The number of nitrogens with zero attached hydrogens (tertiary/aromatic N) is 6. The average molecular weight is 500 g/mol. The van der Waals surface area contributed by atoms with Crippen LogP contribution in [0.25, 0.3) is 33.5 Å². The number of nitrogens with one attached hydrogen (secondary N) is 1. The lowest BCUT2D eigenvalue weighted by molar-refractivity contribution is 0.0338. The first kappa shape index (κ1) is 23.9. The number of aromatic amines is 1. The van der Waals surface area contributed by atoms with Gasteiger partial charge in [-0.05, 0) is 37.8 Å². The standard InChI is InChI=1S/C24H29N7O3.ClH/c32-12-24(13-33)5-7-30(8-6-24)23-28-20(21-22(29-23)26-14-25-21)16-1-2-19-18(11-16)27-15-31(19)17-3-9-34-10-4-17;/h1-2,11,14-15,17,32-33H,3-10,12-13H2,(H,25,26,28,29);1H. The van der Waals surface area contributed by atoms with Crippen molar-refractivity contribution in [3.05, 3.63) is 30.9 Å². The summed E-state index contributed by atoms with van der Waals surface area (Å²) in [7, 11) is 0. The highest BCUT2D eigenvalue weighted by molar-refractivity contribution is 5.91. The van der Waals surface area contributed by atoms with E-state index < -0.39 is 5.41 Å². The number of hydrogen-bond acceptors (Lipinski definition) is 8. The van der Waals surface area contributed by atoms with Crippen LogP contribution in [0, 0.1) is 5.41 Å². The first-order valence-corrected chi connectivity index (χ1v) is 11.9. The van der Waals surface area contributed by atoms with Crippen LogP contribution >= 0.6 is 12.4 Å². The molecule has 0 aliphatic carbocycles. The fourth-order valence-electron chi connectivity index (χ4n) is 5.15. The Balaban J connectivity index is 0.00000253. The summed E-state index contributed by atoms with van der Waals surface area (Å²) in [4.78, 5) is 24.1. The molecule has 0 radical (unpaired) electrons. The Hall–Kier alpha value is -2.79. The summed E-state index contributed by atoms with van der Waals surface area (Å²) in [5.74, 6) is 0.629. The zero-order chi connectivity index (χ0) is 23.1. The van der Waals surface area contributed by atoms with Crippen molar-refractivity contribution < 1.29 is 14.9 Å². The van der Waals surface area contributed by atoms with Crippen LogP contribution in [-0.4, -0.2) is 79.2 Å². The molecule has 5 heterocycles. The van der Waals surface area contributed by atoms with Crippen LogP contribution < -0.4 is 4.90 Å². The number of imidazole rings is 2. The number of ether oxygens (including phenoxy) is 1. The highest BCUT2D eigenvalue weighted by atomic mass is 35.5. The van der Waals surface area contributed by atoms with Crippen molar-refractivity contribution in [2.45, 2.75) is 31.7 Å². The molecule has 2 aliphatic rings. The Morgan fingerprint density at radius 3 is 2.57 bits per heavy atom. The fraction of sp³-hybridized carbons (Fsp3) is 0.500. The molecule has 35 heavy (non-hydrogen) atoms. The van der Waals surface area contributed by atoms with E-state index in [-0.39, 0.29) is 25.6 Å². The van der Waals surface area contributed by atoms with Crippen molar-refractivity contribution in [1.29, 1.82) is 0 Å². The smallest absolute Gasteiger partial charge is 0.228 e. The largest absolute Gasteiger partial charge is 0.396 e. The van der Waals surface area contributed by atoms with Crippen molar-refractivity contribution in [3.63, 3.8) is 0 Å². The van der Waals surface area contributed by atoms with Crippen LogP contribution in [0.4, 0.5) is 5.95 Å². The van der Waals surface area contributed by atoms with Gasteiger partial charge in [-0.1, -0.05) is 6.07 Å². The lowest BCUT2D eigenvalue weighted by Crippen LogP contribution is -2.44. The summed E-state index contributed by atoms with van der Waals surface area (Å²) in [6.45, 7) is 2.91. The van der Waals surface area contributed by atoms with Crippen LogP contribution in [0.3, 0.4) is 0 Å². The number of halogens is 1. The fourth-order valence-corrected chi connectivity index (χ4v) is 5.15. The Morgan fingerprint density at radius 1 is 1.06 bits per heavy atom. The molecule has 1 aromatic carbocycles. The topological polar surface area (TPSA) is 125 Å². The predicted octanol–water partition coefficient (Wildman–Crippen LogP) is 2.71. The highest BCUT2D eigenvalue weighted by Crippen LogP contribution is 2.34. The summed E-state index contributed by atoms with van der Waals surface area (Å²) in [6, 6.07) is 6.69. The lowest BCUT2D eigenvalue weighted by atomic mass is 9.80. The Kier molecular flexibility index (Phi) is 6.63. The SMILES string of the molecule is Cl.OCC1(CO)CCN(c2nc(-c3ccc4c(c3)ncn4C3CCOCC3)c3nc[nH]c3n2)CC1. The molecular weight excluding hydrogens is 470 g/mol. The van der Waals surface area contributed by atoms with Crippen molar-refractivity contribution in [1.82, 2.24) is 29.5 Å². The van der Waals surface area contributed by atoms with Crippen molar-refractivity contribution in [2.75, 3.05) is 44.4 Å². The van der Waals surface area contributed by atoms with Crippen molar-refractivity contribution >= 4 is 40.6 Å². The van der Waals surface area contributed by atoms with Gasteiger partial charge in [0.05, 0.1) is 36.9 Å². The lowest BCUT2D eigenvalue weighted by Gasteiger charge is -2.39. The Morgan fingerprint density at radius 2 is 1.83 bits per heavy atom. The van der Waals surface area contributed by atoms with Crippen LogP contribution in [0.1, 0.15) is 31.7 Å². The van der Waals surface area contributed by atoms with Gasteiger partial charge in [0.25, 0.3) is 0 Å². The number of H-pyrrole nitrogens is 1. The Bertz CT molecular complexity index is 1300. The number of benzene rings is 1. The second-order valence-corrected chi connectivity index (χ2v) is 9.47. The molecule has 10 nitrogen and oxygen atoms in total. The van der Waals surface area contributed by atoms with Crippen LogP contribution in [0.15, 0.2) is 30.9 Å². The van der Waals surface area contributed by atoms with E-state index in [0.29, 0.717) is 43.6 Å². The first-order chi connectivity index (χ1) is 16.7. The van der Waals surface area contributed by atoms with E-state index in [9.17, 15) is 10.2 Å². The van der Waals surface area contributed by atoms with Gasteiger partial charge in [0, 0.05) is 43.3 Å². The highest BCUT2D eigenvalue weighted by Gasteiger charge is 2.34. The number of fused-ring (bicyclic) bond motifs is 2. The summed E-state index contributed by atoms with van der Waals surface area (Å²) < 4.78 is 7.78. The number of hydrogen-bond donors (Lipinski definition) is 3. The molecule has 0 bridgehead atoms. The summed E-state index contributed by atoms with van der Waals surface area (Å²) in [6.07, 6.45) is 6.96. The maximum atomic E-state index is 9.74. The van der Waals surface area contributed by atoms with Crippen molar-refractivity contribution in [3.8, 4) is 11.3 Å². The normalized spacial score (nSPS) is 18.7. The quantitative estimate of drug-likeness (QED) is 0.383. The van der Waals surface area contributed by atoms with Crippen LogP contribution in [0.2, 0.25) is 0 Å². The molecule has 0 spiro atoms. The predicted molar refractivity (Wildman–Crippen MR) is 135 cm³/mol. The number of aliphatic hydroxyl groups is 2. The molecule has 2 saturated heterocycles. The van der Waals surface area contributed by atoms with E-state index in [2.05, 4.69) is 42.6 Å². The van der Waals surface area contributed by atoms with E-state index in [1.54, 1.807) is 6.33 Å². The Labute approximate surface area is 208 Å². The molecule has 0 amide bonds. The molecule has 4 aromatic rings. The van der Waals surface area contributed by atoms with Gasteiger partial charge in [-0.2, -0.15) is 4.98 Å². The molecule has 0 unspecified atom stereocenters. The first-order valence-electron chi connectivity index (χ1n) is 11.9. The van der Waals surface area contributed by atoms with E-state index in [0.717, 1.165) is 53.9 Å². The molecule has 0 atom stereocenters. The minimum Gasteiger partial charge on any atom is -0.396 e. The molecule has 2 aliphatic heterocycles. The molecule has 3 aromatic heterocycles. The van der Waals surface area contributed by atoms with Gasteiger partial charge in [0.15, 0.2) is 5.65 Å². The zero-order valence-corrected chi connectivity index (χ0v) is 20.2. The maximum Gasteiger partial charge on any atom is 0.228 e. The van der Waals surface area contributed by atoms with Gasteiger partial charge >= 0.3 is 0 Å². The molecular formula is C24H30ClN7O3. The number of aliphatic hydroxyl groups excluding tert-OH is 2. The minimum atomic E-state index is -0.425. The van der Waals surface area contributed by atoms with Gasteiger partial charge in [-0.25, -0.2) is 15.0 Å². The third-order valence-corrected chi connectivity index (χ3v) is 7.48. The third-order valence-electron chi connectivity index (χ3n) is 7.48. The number of piperidine rings is 1. The van der Waals surface area contributed by atoms with Crippen molar-refractivity contribution in [2.24, 2.45) is 5.41 Å². The summed E-state index contributed by atoms with van der Waals surface area (Å²) in [5.41, 5.74) is 4.75. The van der Waals surface area contributed by atoms with E-state index in [1.807, 2.05) is 6.33 Å². The van der Waals surface area contributed by atoms with Gasteiger partial charge in [0.2, 0.25) is 5.95 Å². The minimum absolute atomic E-state index is 0. The van der Waals surface area contributed by atoms with E-state index in [1.165, 1.54) is 0 Å². The van der Waals surface area contributed by atoms with Crippen LogP contribution in [-0.2, 0) is 4.74 Å². The monoisotopic (exact) mass is 499 g/mol. The number of aromatic nitrogens is 6. The molecule has 186 valence electrons. The molecule has 2 fully saturated rings. The number of rotatable bonds is 5. The second kappa shape index (κ2) is 9.69. The summed E-state index contributed by atoms with van der Waals surface area (Å²) in [5, 5.41) is 19.5. The maximum absolute atomic E-state index is 9.74. The molecule has 0 saturated carbocycles. The van der Waals surface area contributed by atoms with E-state index in [4.69, 9.17) is 14.7 Å². The van der Waals surface area contributed by atoms with Crippen LogP contribution in [0.5, 0.6) is 0 Å². The third kappa shape index (κ3) is 4.24. The number of anilines is 1. The van der Waals surface area contributed by atoms with Gasteiger partial charge in [0.1, 0.15) is 11.2 Å². The van der Waals surface area contributed by atoms with Gasteiger partial charge < -0.3 is 29.4 Å².